The zero-order valence-corrected chi connectivity index (χ0v) is 11.7. The van der Waals surface area contributed by atoms with Gasteiger partial charge in [0.25, 0.3) is 0 Å². The average molecular weight is 334 g/mol. The van der Waals surface area contributed by atoms with E-state index in [1.807, 2.05) is 0 Å². The number of nitrogens with zero attached hydrogens (tertiary/aromatic N) is 4. The lowest BCUT2D eigenvalue weighted by molar-refractivity contribution is -0.750. The molecule has 2 rings (SSSR count). The third kappa shape index (κ3) is 4.43. The first-order valence-electron chi connectivity index (χ1n) is 5.84. The van der Waals surface area contributed by atoms with Crippen molar-refractivity contribution in [2.75, 3.05) is 5.75 Å². The van der Waals surface area contributed by atoms with Gasteiger partial charge in [-0.25, -0.2) is 18.4 Å². The van der Waals surface area contributed by atoms with Crippen LogP contribution in [-0.2, 0) is 22.8 Å². The van der Waals surface area contributed by atoms with Gasteiger partial charge in [-0.3, -0.25) is 0 Å². The Hall–Kier alpha value is -2.14. The second kappa shape index (κ2) is 5.93. The van der Waals surface area contributed by atoms with E-state index < -0.39 is 27.6 Å². The Bertz CT molecular complexity index is 746. The lowest BCUT2D eigenvalue weighted by Crippen LogP contribution is -2.40. The molecule has 0 aromatic carbocycles. The van der Waals surface area contributed by atoms with Crippen LogP contribution in [-0.4, -0.2) is 33.8 Å². The second-order valence-electron chi connectivity index (χ2n) is 4.23. The molecule has 0 saturated carbocycles. The smallest absolute Gasteiger partial charge is 0.419 e. The monoisotopic (exact) mass is 334 g/mol. The van der Waals surface area contributed by atoms with Crippen LogP contribution < -0.4 is 4.68 Å². The van der Waals surface area contributed by atoms with Gasteiger partial charge in [-0.2, -0.15) is 13.2 Å². The van der Waals surface area contributed by atoms with Crippen LogP contribution in [0.2, 0.25) is 0 Å². The molecule has 0 aliphatic carbocycles. The van der Waals surface area contributed by atoms with Gasteiger partial charge in [0.05, 0.1) is 11.3 Å². The van der Waals surface area contributed by atoms with Gasteiger partial charge in [0.1, 0.15) is 16.3 Å². The average Bonchev–Trinajstić information content (AvgIpc) is 2.44. The molecule has 7 nitrogen and oxygen atoms in total. The van der Waals surface area contributed by atoms with E-state index in [1.165, 1.54) is 23.1 Å². The van der Waals surface area contributed by atoms with Gasteiger partial charge < -0.3 is 4.55 Å². The molecule has 0 unspecified atom stereocenters. The standard InChI is InChI=1S/C11H9F3N4O3S/c12-11(13,14)9-6-15-10(16-7-9)8-1-2-18(17-5-8)3-4-22(19,20)21/h1-2,5-7H,3-4H2. The van der Waals surface area contributed by atoms with E-state index in [-0.39, 0.29) is 12.4 Å². The van der Waals surface area contributed by atoms with Crippen molar-refractivity contribution in [2.24, 2.45) is 0 Å². The molecule has 0 fully saturated rings. The Kier molecular flexibility index (Phi) is 4.37. The molecular weight excluding hydrogens is 325 g/mol. The minimum absolute atomic E-state index is 0.0455. The molecule has 0 spiro atoms. The predicted octanol–water partition coefficient (Wildman–Crippen LogP) is 0.390. The number of aromatic nitrogens is 4. The van der Waals surface area contributed by atoms with E-state index in [9.17, 15) is 26.1 Å². The maximum absolute atomic E-state index is 12.4. The van der Waals surface area contributed by atoms with Crippen LogP contribution in [0, 0.1) is 0 Å². The summed E-state index contributed by atoms with van der Waals surface area (Å²) in [5.74, 6) is -0.565. The molecule has 0 radical (unpaired) electrons. The molecule has 0 aliphatic rings. The Morgan fingerprint density at radius 2 is 1.82 bits per heavy atom. The van der Waals surface area contributed by atoms with E-state index in [0.29, 0.717) is 18.0 Å². The van der Waals surface area contributed by atoms with Gasteiger partial charge in [-0.05, 0) is 5.10 Å². The minimum Gasteiger partial charge on any atom is -0.748 e. The van der Waals surface area contributed by atoms with Crippen LogP contribution in [0.25, 0.3) is 11.4 Å². The second-order valence-corrected chi connectivity index (χ2v) is 5.76. The van der Waals surface area contributed by atoms with Crippen LogP contribution in [0.3, 0.4) is 0 Å². The highest BCUT2D eigenvalue weighted by molar-refractivity contribution is 7.85. The highest BCUT2D eigenvalue weighted by Gasteiger charge is 2.31. The van der Waals surface area contributed by atoms with Gasteiger partial charge in [0, 0.05) is 24.0 Å². The number of alkyl halides is 3. The van der Waals surface area contributed by atoms with Gasteiger partial charge in [0.15, 0.2) is 18.6 Å². The Labute approximate surface area is 123 Å². The maximum atomic E-state index is 12.4. The lowest BCUT2D eigenvalue weighted by atomic mass is 10.2. The lowest BCUT2D eigenvalue weighted by Gasteiger charge is -2.05. The molecule has 2 aromatic heterocycles. The number of hydrogen-bond acceptors (Lipinski definition) is 6. The summed E-state index contributed by atoms with van der Waals surface area (Å²) in [5, 5.41) is 3.84. The van der Waals surface area contributed by atoms with Crippen LogP contribution in [0.15, 0.2) is 30.9 Å². The molecule has 22 heavy (non-hydrogen) atoms. The van der Waals surface area contributed by atoms with Crippen molar-refractivity contribution < 1.29 is 30.8 Å². The van der Waals surface area contributed by atoms with E-state index in [4.69, 9.17) is 0 Å². The van der Waals surface area contributed by atoms with E-state index in [2.05, 4.69) is 15.1 Å². The summed E-state index contributed by atoms with van der Waals surface area (Å²) in [5.41, 5.74) is -0.606. The fourth-order valence-corrected chi connectivity index (χ4v) is 1.89. The number of rotatable bonds is 4. The van der Waals surface area contributed by atoms with Crippen molar-refractivity contribution in [1.82, 2.24) is 15.1 Å². The molecule has 0 aliphatic heterocycles. The van der Waals surface area contributed by atoms with Gasteiger partial charge in [0.2, 0.25) is 0 Å². The van der Waals surface area contributed by atoms with E-state index in [1.54, 1.807) is 0 Å². The Morgan fingerprint density at radius 3 is 2.27 bits per heavy atom. The van der Waals surface area contributed by atoms with Crippen molar-refractivity contribution >= 4 is 10.1 Å². The van der Waals surface area contributed by atoms with Crippen molar-refractivity contribution in [2.45, 2.75) is 12.7 Å². The van der Waals surface area contributed by atoms with Gasteiger partial charge in [-0.1, -0.05) is 4.68 Å². The number of hydrogen-bond donors (Lipinski definition) is 0. The summed E-state index contributed by atoms with van der Waals surface area (Å²) < 4.78 is 69.9. The fourth-order valence-electron chi connectivity index (χ4n) is 1.48. The maximum Gasteiger partial charge on any atom is 0.419 e. The SMILES string of the molecule is O=S(=O)([O-])CC[n+]1ccc(-c2ncc(C(F)(F)F)cn2)cn1. The summed E-state index contributed by atoms with van der Waals surface area (Å²) in [4.78, 5) is 7.21. The molecule has 0 amide bonds. The molecule has 2 aromatic rings. The summed E-state index contributed by atoms with van der Waals surface area (Å²) in [6.45, 7) is -0.125. The first-order valence-corrected chi connectivity index (χ1v) is 7.42. The zero-order chi connectivity index (χ0) is 16.4. The minimum atomic E-state index is -4.51. The summed E-state index contributed by atoms with van der Waals surface area (Å²) in [6, 6.07) is 1.45. The summed E-state index contributed by atoms with van der Waals surface area (Å²) in [7, 11) is -4.35. The molecular formula is C11H9F3N4O3S. The summed E-state index contributed by atoms with van der Waals surface area (Å²) >= 11 is 0. The van der Waals surface area contributed by atoms with Crippen molar-refractivity contribution in [3.05, 3.63) is 36.4 Å². The van der Waals surface area contributed by atoms with Crippen LogP contribution in [0.1, 0.15) is 5.56 Å². The zero-order valence-electron chi connectivity index (χ0n) is 10.9. The van der Waals surface area contributed by atoms with Gasteiger partial charge >= 0.3 is 6.18 Å². The fraction of sp³-hybridized carbons (Fsp3) is 0.273. The van der Waals surface area contributed by atoms with Crippen LogP contribution in [0.5, 0.6) is 0 Å². The molecule has 11 heteroatoms. The Morgan fingerprint density at radius 1 is 1.18 bits per heavy atom. The quantitative estimate of drug-likeness (QED) is 0.592. The molecule has 118 valence electrons. The van der Waals surface area contributed by atoms with Crippen molar-refractivity contribution in [3.8, 4) is 11.4 Å². The molecule has 0 N–H and O–H groups in total. The topological polar surface area (TPSA) is 99.8 Å². The first-order chi connectivity index (χ1) is 10.1. The van der Waals surface area contributed by atoms with E-state index >= 15 is 0 Å². The van der Waals surface area contributed by atoms with Gasteiger partial charge in [-0.15, -0.1) is 0 Å². The highest BCUT2D eigenvalue weighted by Crippen LogP contribution is 2.28. The highest BCUT2D eigenvalue weighted by atomic mass is 32.2. The molecule has 2 heterocycles. The Balaban J connectivity index is 2.13. The normalized spacial score (nSPS) is 12.4. The third-order valence-electron chi connectivity index (χ3n) is 2.58. The molecule has 0 atom stereocenters. The predicted molar refractivity (Wildman–Crippen MR) is 65.0 cm³/mol. The van der Waals surface area contributed by atoms with Crippen LogP contribution in [0.4, 0.5) is 13.2 Å². The largest absolute Gasteiger partial charge is 0.748 e. The van der Waals surface area contributed by atoms with Crippen molar-refractivity contribution in [3.63, 3.8) is 0 Å². The van der Waals surface area contributed by atoms with Crippen molar-refractivity contribution in [1.29, 1.82) is 0 Å². The molecule has 0 saturated heterocycles. The first kappa shape index (κ1) is 16.2. The molecule has 0 bridgehead atoms. The third-order valence-corrected chi connectivity index (χ3v) is 3.26. The number of aryl methyl sites for hydroxylation is 1. The van der Waals surface area contributed by atoms with Crippen LogP contribution >= 0.6 is 0 Å². The van der Waals surface area contributed by atoms with E-state index in [0.717, 1.165) is 0 Å². The number of halogens is 3. The summed E-state index contributed by atoms with van der Waals surface area (Å²) in [6.07, 6.45) is -0.553.